The highest BCUT2D eigenvalue weighted by molar-refractivity contribution is 5.89. The monoisotopic (exact) mass is 321 g/mol. The van der Waals surface area contributed by atoms with Crippen LogP contribution in [0.15, 0.2) is 60.8 Å². The lowest BCUT2D eigenvalue weighted by atomic mass is 9.71. The van der Waals surface area contributed by atoms with Gasteiger partial charge in [0, 0.05) is 22.5 Å². The second-order valence-electron chi connectivity index (χ2n) is 6.52. The molecule has 0 radical (unpaired) electrons. The highest BCUT2D eigenvalue weighted by Gasteiger charge is 2.44. The summed E-state index contributed by atoms with van der Waals surface area (Å²) < 4.78 is 5.48. The van der Waals surface area contributed by atoms with E-state index in [1.165, 1.54) is 0 Å². The van der Waals surface area contributed by atoms with Crippen molar-refractivity contribution in [3.8, 4) is 0 Å². The predicted octanol–water partition coefficient (Wildman–Crippen LogP) is 3.69. The van der Waals surface area contributed by atoms with Gasteiger partial charge in [0.05, 0.1) is 19.1 Å². The van der Waals surface area contributed by atoms with Crippen molar-refractivity contribution < 1.29 is 14.6 Å². The molecule has 0 aliphatic carbocycles. The van der Waals surface area contributed by atoms with Gasteiger partial charge in [-0.15, -0.1) is 0 Å². The first-order chi connectivity index (χ1) is 11.7. The average molecular weight is 321 g/mol. The van der Waals surface area contributed by atoms with Crippen LogP contribution in [0.5, 0.6) is 0 Å². The average Bonchev–Trinajstić information content (AvgIpc) is 2.99. The first-order valence-electron chi connectivity index (χ1n) is 8.12. The van der Waals surface area contributed by atoms with E-state index in [1.807, 2.05) is 48.7 Å². The highest BCUT2D eigenvalue weighted by atomic mass is 16.5. The molecule has 0 amide bonds. The zero-order chi connectivity index (χ0) is 16.6. The molecule has 1 saturated heterocycles. The Morgan fingerprint density at radius 1 is 1.12 bits per heavy atom. The molecule has 1 unspecified atom stereocenters. The lowest BCUT2D eigenvalue weighted by Crippen LogP contribution is -2.48. The van der Waals surface area contributed by atoms with Gasteiger partial charge in [0.15, 0.2) is 0 Å². The van der Waals surface area contributed by atoms with E-state index in [9.17, 15) is 9.90 Å². The van der Waals surface area contributed by atoms with Gasteiger partial charge >= 0.3 is 5.97 Å². The van der Waals surface area contributed by atoms with Gasteiger partial charge in [-0.25, -0.2) is 0 Å². The van der Waals surface area contributed by atoms with E-state index in [0.29, 0.717) is 19.6 Å². The molecule has 3 aromatic rings. The van der Waals surface area contributed by atoms with Crippen LogP contribution in [0, 0.1) is 0 Å². The van der Waals surface area contributed by atoms with Gasteiger partial charge in [-0.3, -0.25) is 4.79 Å². The molecule has 122 valence electrons. The lowest BCUT2D eigenvalue weighted by molar-refractivity contribution is -0.141. The molecular weight excluding hydrogens is 302 g/mol. The molecule has 4 nitrogen and oxygen atoms in total. The van der Waals surface area contributed by atoms with Gasteiger partial charge in [-0.2, -0.15) is 0 Å². The van der Waals surface area contributed by atoms with E-state index < -0.39 is 11.9 Å². The molecule has 1 aliphatic rings. The number of nitrogens with one attached hydrogen (secondary N) is 1. The number of hydrogen-bond acceptors (Lipinski definition) is 2. The van der Waals surface area contributed by atoms with Crippen LogP contribution in [-0.2, 0) is 14.9 Å². The van der Waals surface area contributed by atoms with E-state index in [4.69, 9.17) is 4.74 Å². The summed E-state index contributed by atoms with van der Waals surface area (Å²) in [6.07, 6.45) is 2.37. The third kappa shape index (κ3) is 2.39. The molecule has 0 bridgehead atoms. The van der Waals surface area contributed by atoms with Crippen LogP contribution in [0.2, 0.25) is 0 Å². The zero-order valence-corrected chi connectivity index (χ0v) is 13.2. The standard InChI is InChI=1S/C20H19NO3/c22-19(23)16(17-11-21-18-9-5-4-8-15(17)18)10-20(12-24-13-20)14-6-2-1-3-7-14/h1-9,11,16,21H,10,12-13H2,(H,22,23). The molecule has 1 aromatic heterocycles. The van der Waals surface area contributed by atoms with Crippen molar-refractivity contribution >= 4 is 16.9 Å². The third-order valence-electron chi connectivity index (χ3n) is 5.03. The summed E-state index contributed by atoms with van der Waals surface area (Å²) in [7, 11) is 0. The Bertz CT molecular complexity index is 865. The molecular formula is C20H19NO3. The van der Waals surface area contributed by atoms with Crippen LogP contribution in [-0.4, -0.2) is 29.3 Å². The number of para-hydroxylation sites is 1. The summed E-state index contributed by atoms with van der Waals surface area (Å²) >= 11 is 0. The van der Waals surface area contributed by atoms with Crippen LogP contribution >= 0.6 is 0 Å². The van der Waals surface area contributed by atoms with Crippen molar-refractivity contribution in [2.24, 2.45) is 0 Å². The first kappa shape index (κ1) is 15.0. The minimum atomic E-state index is -0.790. The molecule has 0 saturated carbocycles. The number of carbonyl (C=O) groups is 1. The number of rotatable bonds is 5. The molecule has 24 heavy (non-hydrogen) atoms. The molecule has 4 rings (SSSR count). The first-order valence-corrected chi connectivity index (χ1v) is 8.12. The summed E-state index contributed by atoms with van der Waals surface area (Å²) in [5, 5.41) is 10.9. The van der Waals surface area contributed by atoms with Crippen molar-refractivity contribution in [3.63, 3.8) is 0 Å². The van der Waals surface area contributed by atoms with Crippen LogP contribution in [0.4, 0.5) is 0 Å². The molecule has 2 heterocycles. The maximum Gasteiger partial charge on any atom is 0.311 e. The molecule has 0 spiro atoms. The fraction of sp³-hybridized carbons (Fsp3) is 0.250. The van der Waals surface area contributed by atoms with Crippen molar-refractivity contribution in [1.29, 1.82) is 0 Å². The van der Waals surface area contributed by atoms with Gasteiger partial charge in [0.2, 0.25) is 0 Å². The van der Waals surface area contributed by atoms with Crippen molar-refractivity contribution in [2.75, 3.05) is 13.2 Å². The molecule has 2 N–H and O–H groups in total. The Labute approximate surface area is 140 Å². The highest BCUT2D eigenvalue weighted by Crippen LogP contribution is 2.42. The zero-order valence-electron chi connectivity index (χ0n) is 13.2. The van der Waals surface area contributed by atoms with E-state index in [0.717, 1.165) is 22.0 Å². The molecule has 1 aliphatic heterocycles. The van der Waals surface area contributed by atoms with Crippen LogP contribution in [0.25, 0.3) is 10.9 Å². The van der Waals surface area contributed by atoms with E-state index in [1.54, 1.807) is 0 Å². The van der Waals surface area contributed by atoms with Gasteiger partial charge in [0.25, 0.3) is 0 Å². The maximum absolute atomic E-state index is 12.0. The lowest BCUT2D eigenvalue weighted by Gasteiger charge is -2.43. The van der Waals surface area contributed by atoms with Gasteiger partial charge < -0.3 is 14.8 Å². The van der Waals surface area contributed by atoms with Crippen molar-refractivity contribution in [1.82, 2.24) is 4.98 Å². The predicted molar refractivity (Wildman–Crippen MR) is 92.2 cm³/mol. The molecule has 1 atom stereocenters. The number of aromatic nitrogens is 1. The van der Waals surface area contributed by atoms with E-state index >= 15 is 0 Å². The number of carboxylic acids is 1. The number of carboxylic acid groups (broad SMARTS) is 1. The Kier molecular flexibility index (Phi) is 3.62. The Morgan fingerprint density at radius 2 is 1.83 bits per heavy atom. The number of H-pyrrole nitrogens is 1. The number of hydrogen-bond donors (Lipinski definition) is 2. The quantitative estimate of drug-likeness (QED) is 0.753. The summed E-state index contributed by atoms with van der Waals surface area (Å²) in [6, 6.07) is 17.9. The minimum absolute atomic E-state index is 0.220. The number of benzene rings is 2. The van der Waals surface area contributed by atoms with Crippen LogP contribution in [0.3, 0.4) is 0 Å². The number of ether oxygens (including phenoxy) is 1. The molecule has 1 fully saturated rings. The smallest absolute Gasteiger partial charge is 0.311 e. The topological polar surface area (TPSA) is 62.3 Å². The number of aliphatic carboxylic acids is 1. The Hall–Kier alpha value is -2.59. The fourth-order valence-corrected chi connectivity index (χ4v) is 3.65. The summed E-state index contributed by atoms with van der Waals surface area (Å²) in [4.78, 5) is 15.2. The van der Waals surface area contributed by atoms with Crippen molar-refractivity contribution in [3.05, 3.63) is 71.9 Å². The van der Waals surface area contributed by atoms with Crippen LogP contribution < -0.4 is 0 Å². The summed E-state index contributed by atoms with van der Waals surface area (Å²) in [5.74, 6) is -1.35. The largest absolute Gasteiger partial charge is 0.481 e. The second kappa shape index (κ2) is 5.80. The second-order valence-corrected chi connectivity index (χ2v) is 6.52. The third-order valence-corrected chi connectivity index (χ3v) is 5.03. The van der Waals surface area contributed by atoms with Gasteiger partial charge in [-0.1, -0.05) is 48.5 Å². The van der Waals surface area contributed by atoms with Gasteiger partial charge in [-0.05, 0) is 23.6 Å². The SMILES string of the molecule is O=C(O)C(CC1(c2ccccc2)COC1)c1c[nH]c2ccccc12. The van der Waals surface area contributed by atoms with E-state index in [-0.39, 0.29) is 5.41 Å². The molecule has 2 aromatic carbocycles. The van der Waals surface area contributed by atoms with Gasteiger partial charge in [0.1, 0.15) is 0 Å². The summed E-state index contributed by atoms with van der Waals surface area (Å²) in [5.41, 5.74) is 2.75. The summed E-state index contributed by atoms with van der Waals surface area (Å²) in [6.45, 7) is 1.15. The minimum Gasteiger partial charge on any atom is -0.481 e. The Balaban J connectivity index is 1.73. The fourth-order valence-electron chi connectivity index (χ4n) is 3.65. The molecule has 4 heteroatoms. The number of fused-ring (bicyclic) bond motifs is 1. The van der Waals surface area contributed by atoms with E-state index in [2.05, 4.69) is 17.1 Å². The normalized spacial score (nSPS) is 17.3. The van der Waals surface area contributed by atoms with Crippen LogP contribution in [0.1, 0.15) is 23.5 Å². The number of aromatic amines is 1. The van der Waals surface area contributed by atoms with Crippen molar-refractivity contribution in [2.45, 2.75) is 17.8 Å². The Morgan fingerprint density at radius 3 is 2.50 bits per heavy atom. The maximum atomic E-state index is 12.0.